The fourth-order valence-corrected chi connectivity index (χ4v) is 2.62. The highest BCUT2D eigenvalue weighted by Gasteiger charge is 2.23. The van der Waals surface area contributed by atoms with E-state index in [1.54, 1.807) is 0 Å². The van der Waals surface area contributed by atoms with Gasteiger partial charge in [-0.1, -0.05) is 31.9 Å². The van der Waals surface area contributed by atoms with Crippen LogP contribution in [0.2, 0.25) is 0 Å². The van der Waals surface area contributed by atoms with Crippen molar-refractivity contribution < 1.29 is 14.4 Å². The van der Waals surface area contributed by atoms with E-state index in [-0.39, 0.29) is 12.5 Å². The standard InChI is InChI=1S/C18H37N2O2/c1-5-8-9-10-11-12-13-18(22)19(4)14-15-20(6-2,7-3)16-17-21/h10-11,21H,5-9,12-17H2,1-4H3/q+1/b11-10+. The fourth-order valence-electron chi connectivity index (χ4n) is 2.62. The van der Waals surface area contributed by atoms with Gasteiger partial charge in [-0.15, -0.1) is 0 Å². The molecule has 0 fully saturated rings. The molecular formula is C18H37N2O2+. The second-order valence-corrected chi connectivity index (χ2v) is 6.11. The van der Waals surface area contributed by atoms with Crippen LogP contribution in [0.5, 0.6) is 0 Å². The number of likely N-dealkylation sites (N-methyl/N-ethyl adjacent to an activating group) is 2. The van der Waals surface area contributed by atoms with Crippen LogP contribution >= 0.6 is 0 Å². The highest BCUT2D eigenvalue weighted by atomic mass is 16.3. The molecular weight excluding hydrogens is 276 g/mol. The normalized spacial score (nSPS) is 12.0. The van der Waals surface area contributed by atoms with Gasteiger partial charge < -0.3 is 14.5 Å². The van der Waals surface area contributed by atoms with Crippen LogP contribution in [0.15, 0.2) is 12.2 Å². The van der Waals surface area contributed by atoms with Gasteiger partial charge >= 0.3 is 0 Å². The zero-order valence-corrected chi connectivity index (χ0v) is 15.2. The van der Waals surface area contributed by atoms with Gasteiger partial charge in [-0.05, 0) is 26.7 Å². The van der Waals surface area contributed by atoms with Crippen molar-refractivity contribution in [3.63, 3.8) is 0 Å². The first-order chi connectivity index (χ1) is 10.5. The van der Waals surface area contributed by atoms with Gasteiger partial charge in [-0.2, -0.15) is 0 Å². The zero-order chi connectivity index (χ0) is 16.8. The topological polar surface area (TPSA) is 40.5 Å². The Hall–Kier alpha value is -0.870. The minimum absolute atomic E-state index is 0.210. The summed E-state index contributed by atoms with van der Waals surface area (Å²) in [5, 5.41) is 9.24. The quantitative estimate of drug-likeness (QED) is 0.323. The molecule has 0 aromatic heterocycles. The van der Waals surface area contributed by atoms with Gasteiger partial charge in [-0.25, -0.2) is 0 Å². The molecule has 0 radical (unpaired) electrons. The zero-order valence-electron chi connectivity index (χ0n) is 15.2. The van der Waals surface area contributed by atoms with Crippen LogP contribution in [-0.2, 0) is 4.79 Å². The molecule has 0 spiro atoms. The van der Waals surface area contributed by atoms with E-state index in [0.717, 1.165) is 50.0 Å². The molecule has 0 aromatic rings. The van der Waals surface area contributed by atoms with Gasteiger partial charge in [0.25, 0.3) is 0 Å². The molecule has 0 bridgehead atoms. The number of aliphatic hydroxyl groups excluding tert-OH is 1. The highest BCUT2D eigenvalue weighted by molar-refractivity contribution is 5.75. The molecule has 130 valence electrons. The lowest BCUT2D eigenvalue weighted by Crippen LogP contribution is -2.53. The second kappa shape index (κ2) is 12.7. The Morgan fingerprint density at radius 2 is 1.73 bits per heavy atom. The SMILES string of the molecule is CCCC/C=C/CCC(=O)N(C)CC[N+](CC)(CC)CCO. The van der Waals surface area contributed by atoms with E-state index in [9.17, 15) is 9.90 Å². The van der Waals surface area contributed by atoms with Crippen LogP contribution < -0.4 is 0 Å². The first-order valence-corrected chi connectivity index (χ1v) is 8.90. The monoisotopic (exact) mass is 313 g/mol. The maximum atomic E-state index is 12.1. The molecule has 22 heavy (non-hydrogen) atoms. The third kappa shape index (κ3) is 8.54. The van der Waals surface area contributed by atoms with Gasteiger partial charge in [0, 0.05) is 13.5 Å². The van der Waals surface area contributed by atoms with E-state index >= 15 is 0 Å². The summed E-state index contributed by atoms with van der Waals surface area (Å²) in [6.45, 7) is 11.2. The number of aliphatic hydroxyl groups is 1. The molecule has 4 heteroatoms. The Balaban J connectivity index is 4.10. The molecule has 0 aliphatic heterocycles. The van der Waals surface area contributed by atoms with Crippen LogP contribution in [0.4, 0.5) is 0 Å². The first kappa shape index (κ1) is 21.1. The number of carbonyl (C=O) groups excluding carboxylic acids is 1. The van der Waals surface area contributed by atoms with Crippen molar-refractivity contribution in [2.45, 2.75) is 52.9 Å². The molecule has 4 nitrogen and oxygen atoms in total. The average Bonchev–Trinajstić information content (AvgIpc) is 2.54. The van der Waals surface area contributed by atoms with Crippen molar-refractivity contribution in [1.29, 1.82) is 0 Å². The largest absolute Gasteiger partial charge is 0.391 e. The van der Waals surface area contributed by atoms with Crippen LogP contribution in [0.25, 0.3) is 0 Å². The number of amides is 1. The molecule has 0 aromatic carbocycles. The number of nitrogens with zero attached hydrogens (tertiary/aromatic N) is 2. The van der Waals surface area contributed by atoms with Crippen LogP contribution in [-0.4, -0.2) is 66.8 Å². The minimum atomic E-state index is 0.210. The molecule has 0 saturated carbocycles. The van der Waals surface area contributed by atoms with Crippen molar-refractivity contribution >= 4 is 5.91 Å². The smallest absolute Gasteiger partial charge is 0.222 e. The van der Waals surface area contributed by atoms with E-state index in [2.05, 4.69) is 32.9 Å². The van der Waals surface area contributed by atoms with E-state index in [1.807, 2.05) is 11.9 Å². The Morgan fingerprint density at radius 1 is 1.09 bits per heavy atom. The van der Waals surface area contributed by atoms with E-state index < -0.39 is 0 Å². The number of rotatable bonds is 13. The van der Waals surface area contributed by atoms with Gasteiger partial charge in [0.15, 0.2) is 0 Å². The fraction of sp³-hybridized carbons (Fsp3) is 0.833. The lowest BCUT2D eigenvalue weighted by molar-refractivity contribution is -0.924. The van der Waals surface area contributed by atoms with Gasteiger partial charge in [-0.3, -0.25) is 4.79 Å². The first-order valence-electron chi connectivity index (χ1n) is 8.90. The van der Waals surface area contributed by atoms with Gasteiger partial charge in [0.1, 0.15) is 6.54 Å². The summed E-state index contributed by atoms with van der Waals surface area (Å²) < 4.78 is 0.880. The molecule has 0 rings (SSSR count). The Kier molecular flexibility index (Phi) is 12.2. The predicted molar refractivity (Wildman–Crippen MR) is 93.7 cm³/mol. The van der Waals surface area contributed by atoms with Crippen LogP contribution in [0, 0.1) is 0 Å². The molecule has 0 aliphatic carbocycles. The summed E-state index contributed by atoms with van der Waals surface area (Å²) in [5.74, 6) is 0.217. The number of hydrogen-bond donors (Lipinski definition) is 1. The molecule has 0 heterocycles. The number of unbranched alkanes of at least 4 members (excludes halogenated alkanes) is 2. The number of carbonyl (C=O) groups is 1. The number of allylic oxidation sites excluding steroid dienone is 2. The average molecular weight is 314 g/mol. The highest BCUT2D eigenvalue weighted by Crippen LogP contribution is 2.07. The van der Waals surface area contributed by atoms with Crippen molar-refractivity contribution in [3.05, 3.63) is 12.2 Å². The summed E-state index contributed by atoms with van der Waals surface area (Å²) in [5.41, 5.74) is 0. The van der Waals surface area contributed by atoms with Crippen LogP contribution in [0.1, 0.15) is 52.9 Å². The molecule has 0 atom stereocenters. The number of quaternary nitrogens is 1. The maximum absolute atomic E-state index is 12.1. The summed E-state index contributed by atoms with van der Waals surface area (Å²) in [6, 6.07) is 0. The third-order valence-corrected chi connectivity index (χ3v) is 4.67. The van der Waals surface area contributed by atoms with Gasteiger partial charge in [0.05, 0.1) is 32.8 Å². The molecule has 0 aliphatic rings. The summed E-state index contributed by atoms with van der Waals surface area (Å²) in [7, 11) is 1.89. The van der Waals surface area contributed by atoms with Crippen LogP contribution in [0.3, 0.4) is 0 Å². The minimum Gasteiger partial charge on any atom is -0.391 e. The Morgan fingerprint density at radius 3 is 2.27 bits per heavy atom. The van der Waals surface area contributed by atoms with E-state index in [4.69, 9.17) is 0 Å². The van der Waals surface area contributed by atoms with Crippen molar-refractivity contribution in [1.82, 2.24) is 4.90 Å². The summed E-state index contributed by atoms with van der Waals surface area (Å²) in [6.07, 6.45) is 9.31. The lowest BCUT2D eigenvalue weighted by Gasteiger charge is -2.37. The molecule has 0 saturated heterocycles. The summed E-state index contributed by atoms with van der Waals surface area (Å²) in [4.78, 5) is 14.0. The van der Waals surface area contributed by atoms with Crippen molar-refractivity contribution in [2.24, 2.45) is 0 Å². The summed E-state index contributed by atoms with van der Waals surface area (Å²) >= 11 is 0. The van der Waals surface area contributed by atoms with Crippen molar-refractivity contribution in [2.75, 3.05) is 46.4 Å². The molecule has 1 amide bonds. The molecule has 1 N–H and O–H groups in total. The lowest BCUT2D eigenvalue weighted by atomic mass is 10.2. The third-order valence-electron chi connectivity index (χ3n) is 4.67. The van der Waals surface area contributed by atoms with Crippen molar-refractivity contribution in [3.8, 4) is 0 Å². The second-order valence-electron chi connectivity index (χ2n) is 6.11. The number of hydrogen-bond acceptors (Lipinski definition) is 2. The Labute approximate surface area is 137 Å². The van der Waals surface area contributed by atoms with E-state index in [0.29, 0.717) is 6.42 Å². The molecule has 0 unspecified atom stereocenters. The predicted octanol–water partition coefficient (Wildman–Crippen LogP) is 2.82. The maximum Gasteiger partial charge on any atom is 0.222 e. The van der Waals surface area contributed by atoms with Gasteiger partial charge in [0.2, 0.25) is 5.91 Å². The van der Waals surface area contributed by atoms with E-state index in [1.165, 1.54) is 12.8 Å². The Bertz CT molecular complexity index is 312.